The molecule has 3 aromatic rings. The molecule has 126 valence electrons. The number of nitrogens with zero attached hydrogens (tertiary/aromatic N) is 2. The van der Waals surface area contributed by atoms with E-state index in [-0.39, 0.29) is 11.1 Å². The first kappa shape index (κ1) is 15.8. The van der Waals surface area contributed by atoms with Gasteiger partial charge in [0.25, 0.3) is 0 Å². The summed E-state index contributed by atoms with van der Waals surface area (Å²) < 4.78 is 0. The number of rotatable bonds is 4. The van der Waals surface area contributed by atoms with Gasteiger partial charge in [-0.05, 0) is 35.2 Å². The Hall–Kier alpha value is -2.75. The molecule has 1 fully saturated rings. The van der Waals surface area contributed by atoms with Gasteiger partial charge in [-0.1, -0.05) is 55.3 Å². The fourth-order valence-electron chi connectivity index (χ4n) is 4.19. The number of carboxylic acid groups (broad SMARTS) is 1. The van der Waals surface area contributed by atoms with Gasteiger partial charge in [-0.3, -0.25) is 0 Å². The summed E-state index contributed by atoms with van der Waals surface area (Å²) in [5.74, 6) is -0.385. The minimum atomic E-state index is -1.01. The number of carboxylic acids is 1. The normalized spacial score (nSPS) is 16.2. The predicted octanol–water partition coefficient (Wildman–Crippen LogP) is 4.38. The third-order valence-corrected chi connectivity index (χ3v) is 5.34. The Labute approximate surface area is 146 Å². The van der Waals surface area contributed by atoms with Crippen LogP contribution in [0.2, 0.25) is 0 Å². The maximum Gasteiger partial charge on any atom is 0.354 e. The molecule has 0 radical (unpaired) electrons. The van der Waals surface area contributed by atoms with Crippen LogP contribution in [0, 0.1) is 0 Å². The zero-order valence-electron chi connectivity index (χ0n) is 14.0. The van der Waals surface area contributed by atoms with Crippen LogP contribution in [0.3, 0.4) is 0 Å². The number of carbonyl (C=O) groups is 1. The summed E-state index contributed by atoms with van der Waals surface area (Å²) in [5.41, 5.74) is 1.39. The molecule has 0 bridgehead atoms. The first-order chi connectivity index (χ1) is 12.2. The van der Waals surface area contributed by atoms with E-state index in [4.69, 9.17) is 0 Å². The molecule has 0 atom stereocenters. The quantitative estimate of drug-likeness (QED) is 0.770. The van der Waals surface area contributed by atoms with Crippen molar-refractivity contribution in [1.82, 2.24) is 9.97 Å². The van der Waals surface area contributed by atoms with Crippen molar-refractivity contribution in [2.45, 2.75) is 37.5 Å². The Kier molecular flexibility index (Phi) is 3.96. The molecule has 25 heavy (non-hydrogen) atoms. The van der Waals surface area contributed by atoms with Crippen LogP contribution >= 0.6 is 0 Å². The van der Waals surface area contributed by atoms with Gasteiger partial charge in [-0.25, -0.2) is 14.8 Å². The molecule has 4 rings (SSSR count). The minimum Gasteiger partial charge on any atom is -0.477 e. The van der Waals surface area contributed by atoms with E-state index < -0.39 is 5.97 Å². The third kappa shape index (κ3) is 2.88. The third-order valence-electron chi connectivity index (χ3n) is 5.34. The summed E-state index contributed by atoms with van der Waals surface area (Å²) >= 11 is 0. The van der Waals surface area contributed by atoms with Gasteiger partial charge < -0.3 is 5.11 Å². The van der Waals surface area contributed by atoms with Crippen LogP contribution in [-0.4, -0.2) is 21.0 Å². The van der Waals surface area contributed by atoms with Crippen molar-refractivity contribution < 1.29 is 9.90 Å². The fraction of sp³-hybridized carbons (Fsp3) is 0.286. The summed E-state index contributed by atoms with van der Waals surface area (Å²) in [7, 11) is 0. The topological polar surface area (TPSA) is 63.1 Å². The second kappa shape index (κ2) is 6.28. The SMILES string of the molecule is O=C(O)c1ccnc(CC2(c3cccc4ccccc34)CCCC2)n1. The average Bonchev–Trinajstić information content (AvgIpc) is 3.11. The molecule has 1 heterocycles. The first-order valence-electron chi connectivity index (χ1n) is 8.71. The van der Waals surface area contributed by atoms with Gasteiger partial charge in [0.1, 0.15) is 5.82 Å². The zero-order chi connectivity index (χ0) is 17.3. The summed E-state index contributed by atoms with van der Waals surface area (Å²) in [6.07, 6.45) is 6.77. The second-order valence-corrected chi connectivity index (χ2v) is 6.85. The molecule has 1 N–H and O–H groups in total. The number of benzene rings is 2. The van der Waals surface area contributed by atoms with Gasteiger partial charge in [-0.2, -0.15) is 0 Å². The van der Waals surface area contributed by atoms with Crippen LogP contribution in [0.5, 0.6) is 0 Å². The molecule has 0 saturated heterocycles. The van der Waals surface area contributed by atoms with Crippen LogP contribution in [0.15, 0.2) is 54.7 Å². The molecule has 1 aliphatic carbocycles. The largest absolute Gasteiger partial charge is 0.477 e. The zero-order valence-corrected chi connectivity index (χ0v) is 14.0. The van der Waals surface area contributed by atoms with Gasteiger partial charge in [0.2, 0.25) is 0 Å². The molecule has 0 spiro atoms. The van der Waals surface area contributed by atoms with Crippen molar-refractivity contribution in [3.8, 4) is 0 Å². The maximum atomic E-state index is 11.2. The fourth-order valence-corrected chi connectivity index (χ4v) is 4.19. The summed E-state index contributed by atoms with van der Waals surface area (Å²) in [5, 5.41) is 11.7. The van der Waals surface area contributed by atoms with Crippen molar-refractivity contribution in [3.63, 3.8) is 0 Å². The summed E-state index contributed by atoms with van der Waals surface area (Å²) in [4.78, 5) is 19.9. The van der Waals surface area contributed by atoms with E-state index in [1.165, 1.54) is 35.2 Å². The van der Waals surface area contributed by atoms with Crippen molar-refractivity contribution >= 4 is 16.7 Å². The number of aromatic nitrogens is 2. The molecular weight excluding hydrogens is 312 g/mol. The highest BCUT2D eigenvalue weighted by atomic mass is 16.4. The second-order valence-electron chi connectivity index (χ2n) is 6.85. The van der Waals surface area contributed by atoms with E-state index in [0.717, 1.165) is 12.8 Å². The van der Waals surface area contributed by atoms with E-state index in [1.54, 1.807) is 6.20 Å². The van der Waals surface area contributed by atoms with Gasteiger partial charge in [0.15, 0.2) is 5.69 Å². The monoisotopic (exact) mass is 332 g/mol. The lowest BCUT2D eigenvalue weighted by Gasteiger charge is -2.30. The number of aromatic carboxylic acids is 1. The van der Waals surface area contributed by atoms with Gasteiger partial charge >= 0.3 is 5.97 Å². The van der Waals surface area contributed by atoms with Crippen molar-refractivity contribution in [3.05, 3.63) is 71.8 Å². The molecule has 0 unspecified atom stereocenters. The average molecular weight is 332 g/mol. The Morgan fingerprint density at radius 3 is 2.60 bits per heavy atom. The lowest BCUT2D eigenvalue weighted by atomic mass is 9.74. The lowest BCUT2D eigenvalue weighted by Crippen LogP contribution is -2.27. The minimum absolute atomic E-state index is 0.0159. The Morgan fingerprint density at radius 2 is 1.80 bits per heavy atom. The van der Waals surface area contributed by atoms with Crippen LogP contribution < -0.4 is 0 Å². The van der Waals surface area contributed by atoms with E-state index in [1.807, 2.05) is 0 Å². The highest BCUT2D eigenvalue weighted by molar-refractivity contribution is 5.87. The highest BCUT2D eigenvalue weighted by Crippen LogP contribution is 2.45. The van der Waals surface area contributed by atoms with E-state index in [0.29, 0.717) is 12.2 Å². The molecule has 1 saturated carbocycles. The summed E-state index contributed by atoms with van der Waals surface area (Å²) in [6.45, 7) is 0. The highest BCUT2D eigenvalue weighted by Gasteiger charge is 2.37. The standard InChI is InChI=1S/C21H20N2O2/c24-20(25)18-10-13-22-19(23-18)14-21(11-3-4-12-21)17-9-5-7-15-6-1-2-8-16(15)17/h1-2,5-10,13H,3-4,11-12,14H2,(H,24,25). The molecule has 2 aromatic carbocycles. The Bertz CT molecular complexity index is 925. The van der Waals surface area contributed by atoms with E-state index >= 15 is 0 Å². The number of fused-ring (bicyclic) bond motifs is 1. The number of hydrogen-bond donors (Lipinski definition) is 1. The molecule has 0 amide bonds. The molecule has 0 aliphatic heterocycles. The van der Waals surface area contributed by atoms with Crippen LogP contribution in [-0.2, 0) is 11.8 Å². The van der Waals surface area contributed by atoms with Crippen molar-refractivity contribution in [2.75, 3.05) is 0 Å². The van der Waals surface area contributed by atoms with Crippen LogP contribution in [0.25, 0.3) is 10.8 Å². The van der Waals surface area contributed by atoms with Crippen LogP contribution in [0.1, 0.15) is 47.6 Å². The van der Waals surface area contributed by atoms with Crippen molar-refractivity contribution in [2.24, 2.45) is 0 Å². The smallest absolute Gasteiger partial charge is 0.354 e. The van der Waals surface area contributed by atoms with E-state index in [9.17, 15) is 9.90 Å². The first-order valence-corrected chi connectivity index (χ1v) is 8.71. The van der Waals surface area contributed by atoms with Gasteiger partial charge in [0.05, 0.1) is 0 Å². The number of hydrogen-bond acceptors (Lipinski definition) is 3. The predicted molar refractivity (Wildman–Crippen MR) is 96.8 cm³/mol. The molecule has 1 aromatic heterocycles. The summed E-state index contributed by atoms with van der Waals surface area (Å²) in [6, 6.07) is 16.4. The van der Waals surface area contributed by atoms with E-state index in [2.05, 4.69) is 52.4 Å². The molecule has 1 aliphatic rings. The van der Waals surface area contributed by atoms with Crippen molar-refractivity contribution in [1.29, 1.82) is 0 Å². The van der Waals surface area contributed by atoms with Gasteiger partial charge in [-0.15, -0.1) is 0 Å². The lowest BCUT2D eigenvalue weighted by molar-refractivity contribution is 0.0689. The van der Waals surface area contributed by atoms with Crippen LogP contribution in [0.4, 0.5) is 0 Å². The molecule has 4 heteroatoms. The maximum absolute atomic E-state index is 11.2. The van der Waals surface area contributed by atoms with Gasteiger partial charge in [0, 0.05) is 18.0 Å². The molecule has 4 nitrogen and oxygen atoms in total. The Balaban J connectivity index is 1.80. The molecular formula is C21H20N2O2. The Morgan fingerprint density at radius 1 is 1.04 bits per heavy atom.